The molecule has 2 N–H and O–H groups in total. The maximum Gasteiger partial charge on any atom is 0.262 e. The molecule has 142 heavy (non-hydrogen) atoms. The first-order chi connectivity index (χ1) is 68.7. The van der Waals surface area contributed by atoms with Crippen molar-refractivity contribution >= 4 is 101 Å². The Kier molecular flexibility index (Phi) is 25.1. The minimum Gasteiger partial charge on any atom is -0.457 e. The van der Waals surface area contributed by atoms with Crippen molar-refractivity contribution in [3.05, 3.63) is 282 Å². The first-order valence-corrected chi connectivity index (χ1v) is 51.2. The van der Waals surface area contributed by atoms with E-state index in [2.05, 4.69) is 134 Å². The number of rotatable bonds is 46. The predicted molar refractivity (Wildman–Crippen MR) is 541 cm³/mol. The van der Waals surface area contributed by atoms with E-state index in [1.54, 1.807) is 48.5 Å². The number of fused-ring (bicyclic) bond motifs is 2. The molecule has 26 nitrogen and oxygen atoms in total. The second-order valence-electron chi connectivity index (χ2n) is 42.4. The fourth-order valence-corrected chi connectivity index (χ4v) is 22.9. The molecule has 0 radical (unpaired) electrons. The second-order valence-corrected chi connectivity index (χ2v) is 44.3. The van der Waals surface area contributed by atoms with Crippen molar-refractivity contribution in [2.75, 3.05) is 131 Å². The molecule has 12 heterocycles. The Morgan fingerprint density at radius 2 is 0.542 bits per heavy atom. The topological polar surface area (TPSA) is 283 Å². The van der Waals surface area contributed by atoms with E-state index >= 15 is 28.8 Å². The molecule has 11 aromatic carbocycles. The van der Waals surface area contributed by atoms with Crippen molar-refractivity contribution in [2.24, 2.45) is 0 Å². The molecule has 732 valence electrons. The van der Waals surface area contributed by atoms with Crippen LogP contribution < -0.4 is 29.6 Å². The molecule has 23 rings (SSSR count). The van der Waals surface area contributed by atoms with E-state index in [-0.39, 0.29) is 150 Å². The molecule has 8 saturated heterocycles. The van der Waals surface area contributed by atoms with E-state index in [4.69, 9.17) is 56.8 Å². The summed E-state index contributed by atoms with van der Waals surface area (Å²) < 4.78 is 77.3. The molecule has 8 fully saturated rings. The van der Waals surface area contributed by atoms with Crippen molar-refractivity contribution in [1.29, 1.82) is 0 Å². The van der Waals surface area contributed by atoms with Crippen molar-refractivity contribution in [2.45, 2.75) is 151 Å². The number of ether oxygens (including phenoxy) is 12. The molecule has 0 saturated carbocycles. The summed E-state index contributed by atoms with van der Waals surface area (Å²) in [7, 11) is 0. The number of nitrogens with zero attached hydrogens (tertiary/aromatic N) is 6. The van der Waals surface area contributed by atoms with E-state index in [0.29, 0.717) is 112 Å². The maximum absolute atomic E-state index is 17.2. The zero-order valence-corrected chi connectivity index (χ0v) is 82.6. The van der Waals surface area contributed by atoms with Gasteiger partial charge in [-0.1, -0.05) is 177 Å². The Morgan fingerprint density at radius 1 is 0.317 bits per heavy atom. The minimum atomic E-state index is -1.52. The molecule has 10 unspecified atom stereocenters. The molecule has 2 aromatic heterocycles. The summed E-state index contributed by atoms with van der Waals surface area (Å²) in [5.41, 5.74) is 3.88. The highest BCUT2D eigenvalue weighted by Crippen LogP contribution is 2.59. The molecule has 10 aliphatic rings. The number of nitrogens with one attached hydrogen (secondary N) is 2. The Hall–Kier alpha value is -11.9. The Morgan fingerprint density at radius 3 is 0.746 bits per heavy atom. The van der Waals surface area contributed by atoms with Crippen molar-refractivity contribution < 1.29 is 85.6 Å². The number of hydrogen-bond donors (Lipinski definition) is 2. The number of carbonyl (C=O) groups excluding carboxylic acids is 6. The van der Waals surface area contributed by atoms with Crippen LogP contribution in [0.4, 0.5) is 0 Å². The zero-order chi connectivity index (χ0) is 97.2. The Bertz CT molecular complexity index is 6160. The molecule has 6 amide bonds. The lowest BCUT2D eigenvalue weighted by Gasteiger charge is -2.35. The number of amides is 6. The van der Waals surface area contributed by atoms with Crippen LogP contribution in [0.5, 0.6) is 46.0 Å². The largest absolute Gasteiger partial charge is 0.457 e. The smallest absolute Gasteiger partial charge is 0.262 e. The van der Waals surface area contributed by atoms with Crippen LogP contribution in [0.1, 0.15) is 152 Å². The summed E-state index contributed by atoms with van der Waals surface area (Å²) in [5.74, 6) is -2.77. The van der Waals surface area contributed by atoms with Crippen LogP contribution in [0.3, 0.4) is 0 Å². The molecule has 0 bridgehead atoms. The minimum absolute atomic E-state index is 0.00451. The number of benzene rings is 11. The molecule has 13 aromatic rings. The fraction of sp³-hybridized carbons (Fsp3) is 0.386. The fourth-order valence-electron chi connectivity index (χ4n) is 21.3. The van der Waals surface area contributed by atoms with Gasteiger partial charge in [0.2, 0.25) is 11.8 Å². The summed E-state index contributed by atoms with van der Waals surface area (Å²) in [4.78, 5) is 113. The normalized spacial score (nSPS) is 20.9. The molecule has 28 heteroatoms. The van der Waals surface area contributed by atoms with E-state index in [1.807, 2.05) is 120 Å². The van der Waals surface area contributed by atoms with Gasteiger partial charge < -0.3 is 67.5 Å². The van der Waals surface area contributed by atoms with Gasteiger partial charge in [-0.25, -0.2) is 0 Å². The van der Waals surface area contributed by atoms with Gasteiger partial charge in [0.15, 0.2) is 12.1 Å². The Labute approximate surface area is 832 Å². The van der Waals surface area contributed by atoms with Gasteiger partial charge in [-0.3, -0.25) is 58.2 Å². The highest BCUT2D eigenvalue weighted by atomic mass is 32.1. The predicted octanol–water partition coefficient (Wildman–Crippen LogP) is 17.8. The van der Waals surface area contributed by atoms with E-state index < -0.39 is 69.2 Å². The average molecular weight is 1950 g/mol. The number of hydrogen-bond acceptors (Lipinski definition) is 24. The van der Waals surface area contributed by atoms with Crippen molar-refractivity contribution in [1.82, 2.24) is 40.0 Å². The van der Waals surface area contributed by atoms with Gasteiger partial charge in [-0.05, 0) is 129 Å². The third-order valence-corrected chi connectivity index (χ3v) is 30.9. The summed E-state index contributed by atoms with van der Waals surface area (Å²) in [6, 6.07) is 61.2. The number of thiophene rings is 2. The van der Waals surface area contributed by atoms with E-state index in [9.17, 15) is 0 Å². The van der Waals surface area contributed by atoms with Gasteiger partial charge in [0.05, 0.1) is 124 Å². The number of imide groups is 2. The van der Waals surface area contributed by atoms with Gasteiger partial charge in [0.1, 0.15) is 46.0 Å². The van der Waals surface area contributed by atoms with Crippen LogP contribution in [0, 0.1) is 0 Å². The molecule has 0 aliphatic carbocycles. The van der Waals surface area contributed by atoms with Crippen LogP contribution in [0.15, 0.2) is 217 Å². The van der Waals surface area contributed by atoms with Crippen molar-refractivity contribution in [3.8, 4) is 46.0 Å². The summed E-state index contributed by atoms with van der Waals surface area (Å²) >= 11 is 2.48. The van der Waals surface area contributed by atoms with Crippen LogP contribution in [0.2, 0.25) is 0 Å². The Balaban J connectivity index is 0.775. The van der Waals surface area contributed by atoms with Gasteiger partial charge in [0.25, 0.3) is 23.6 Å². The van der Waals surface area contributed by atoms with Crippen LogP contribution in [-0.4, -0.2) is 245 Å². The summed E-state index contributed by atoms with van der Waals surface area (Å²) in [6.45, 7) is 32.4. The van der Waals surface area contributed by atoms with Crippen LogP contribution >= 0.6 is 22.7 Å². The van der Waals surface area contributed by atoms with Gasteiger partial charge in [-0.2, -0.15) is 0 Å². The zero-order valence-electron chi connectivity index (χ0n) is 81.0. The second kappa shape index (κ2) is 38.0. The number of carbonyl (C=O) groups is 6. The van der Waals surface area contributed by atoms with E-state index in [1.165, 1.54) is 22.7 Å². The molecular formula is C114H116N8O18S2. The quantitative estimate of drug-likeness (QED) is 0.0155. The SMILES string of the molecule is CC(C)(CN(CC1CO1)CC1CO1)c1ccc(Oc2cc3c4c(cc(Oc5ccc(C(C)(C)CN(CC6CO6)CC6CO6)cc5)c5c6c(Oc7ccc(C(C)(C)CN(CC8CO8)CC8CO8)cc7)cc7c8c(cc(Oc9ccc(C(C)(C)CN(CC%10CO%10)CC%10CO%10)cc9)c(c2c45)c86)C(=O)N(C(C(=O)NCc2ccccc2)c2cccs2)C7=O)C(=O)N(C(C(=O)NCc2ccccc2)c2cccs2)C3=O)cc1. The first kappa shape index (κ1) is 93.7. The van der Waals surface area contributed by atoms with Crippen molar-refractivity contribution in [3.63, 3.8) is 0 Å². The lowest BCUT2D eigenvalue weighted by atomic mass is 9.80. The standard InChI is InChI=1S/C114H116N8O18S2/c1-111(2,63-117(47-77-55-129-77)48-78-56-130-78)69-23-31-73(32-24-69)137-89-41-85-95-86(108(126)121(107(85)125)103(93-21-15-39-141-93)105(123)115-45-67-17-11-9-12-18-67)43-91(139-75-35-27-71(28-36-75)113(5,6)65-119(51-81-59-133-81)52-82-60-134-82)99-100-92(140-76-37-29-72(30-38-76)114(7,8)66-120(53-83-61-135-83)54-84-62-136-84)44-88-96-87(109(127)122(110(88)128)104(94-22-16-40-142-94)106(124)116-46-68-19-13-10-14-20-68)42-90(98(102(96)100)97(89)101(95)99)138-74-33-25-70(26-34-74)112(3,4)64-118(49-79-57-131-79)50-80-58-132-80/h9-44,77-84,103-104H,45-66H2,1-8H3,(H,115,123)(H,116,124). The van der Waals surface area contributed by atoms with Gasteiger partial charge in [-0.15, -0.1) is 22.7 Å². The van der Waals surface area contributed by atoms with Crippen LogP contribution in [-0.2, 0) is 82.2 Å². The first-order valence-electron chi connectivity index (χ1n) is 49.5. The maximum atomic E-state index is 17.2. The monoisotopic (exact) mass is 1950 g/mol. The lowest BCUT2D eigenvalue weighted by Crippen LogP contribution is -2.48. The molecule has 10 atom stereocenters. The highest BCUT2D eigenvalue weighted by Gasteiger charge is 2.50. The molecule has 10 aliphatic heterocycles. The van der Waals surface area contributed by atoms with Gasteiger partial charge >= 0.3 is 0 Å². The lowest BCUT2D eigenvalue weighted by molar-refractivity contribution is -0.126. The summed E-state index contributed by atoms with van der Waals surface area (Å²) in [5, 5.41) is 11.9. The van der Waals surface area contributed by atoms with Gasteiger partial charge in [0, 0.05) is 166 Å². The average Bonchev–Trinajstić information content (AvgIpc) is 1.66. The molecule has 0 spiro atoms. The summed E-state index contributed by atoms with van der Waals surface area (Å²) in [6.07, 6.45) is 1.15. The third kappa shape index (κ3) is 20.2. The molecular weight excluding hydrogens is 1830 g/mol. The number of epoxide rings is 8. The third-order valence-electron chi connectivity index (χ3n) is 29.1. The highest BCUT2D eigenvalue weighted by molar-refractivity contribution is 7.10. The van der Waals surface area contributed by atoms with E-state index in [0.717, 1.165) is 95.5 Å². The van der Waals surface area contributed by atoms with Crippen LogP contribution in [0.25, 0.3) is 43.1 Å².